The second kappa shape index (κ2) is 11.7. The van der Waals surface area contributed by atoms with E-state index in [2.05, 4.69) is 11.5 Å². The van der Waals surface area contributed by atoms with E-state index in [0.29, 0.717) is 54.9 Å². The van der Waals surface area contributed by atoms with Crippen LogP contribution in [0.25, 0.3) is 5.57 Å². The number of nitrogens with zero attached hydrogens (tertiary/aromatic N) is 2. The summed E-state index contributed by atoms with van der Waals surface area (Å²) in [4.78, 5) is 28.2. The van der Waals surface area contributed by atoms with Gasteiger partial charge in [-0.25, -0.2) is 4.79 Å². The topological polar surface area (TPSA) is 59.1 Å². The molecule has 0 unspecified atom stereocenters. The van der Waals surface area contributed by atoms with E-state index in [1.807, 2.05) is 6.08 Å². The number of esters is 1. The van der Waals surface area contributed by atoms with Crippen LogP contribution in [-0.4, -0.2) is 53.1 Å². The van der Waals surface area contributed by atoms with Gasteiger partial charge >= 0.3 is 18.2 Å². The quantitative estimate of drug-likeness (QED) is 0.273. The van der Waals surface area contributed by atoms with Gasteiger partial charge in [-0.3, -0.25) is 14.6 Å². The zero-order chi connectivity index (χ0) is 29.2. The highest BCUT2D eigenvalue weighted by molar-refractivity contribution is 5.81. The zero-order valence-electron chi connectivity index (χ0n) is 23.2. The van der Waals surface area contributed by atoms with Crippen LogP contribution >= 0.6 is 0 Å². The first-order valence-corrected chi connectivity index (χ1v) is 14.2. The minimum absolute atomic E-state index is 0.159. The molecule has 0 bridgehead atoms. The highest BCUT2D eigenvalue weighted by Crippen LogP contribution is 2.43. The third-order valence-electron chi connectivity index (χ3n) is 8.38. The molecule has 0 atom stereocenters. The molecule has 2 aromatic carbocycles. The number of benzene rings is 2. The Kier molecular flexibility index (Phi) is 8.27. The average Bonchev–Trinajstić information content (AvgIpc) is 3.19. The van der Waals surface area contributed by atoms with Crippen molar-refractivity contribution < 1.29 is 32.2 Å². The lowest BCUT2D eigenvalue weighted by atomic mass is 9.86. The van der Waals surface area contributed by atoms with Crippen molar-refractivity contribution in [2.45, 2.75) is 69.7 Å². The molecule has 3 fully saturated rings. The molecular formula is C32H35F3N2O4. The molecular weight excluding hydrogens is 533 g/mol. The van der Waals surface area contributed by atoms with E-state index >= 15 is 0 Å². The Morgan fingerprint density at radius 3 is 2.39 bits per heavy atom. The molecule has 0 N–H and O–H groups in total. The Morgan fingerprint density at radius 1 is 1.07 bits per heavy atom. The van der Waals surface area contributed by atoms with Crippen molar-refractivity contribution in [1.29, 1.82) is 0 Å². The van der Waals surface area contributed by atoms with Gasteiger partial charge in [-0.2, -0.15) is 13.2 Å². The van der Waals surface area contributed by atoms with Crippen molar-refractivity contribution >= 4 is 17.6 Å². The Hall–Kier alpha value is -3.59. The molecule has 0 aromatic heterocycles. The van der Waals surface area contributed by atoms with Gasteiger partial charge < -0.3 is 9.47 Å². The van der Waals surface area contributed by atoms with E-state index in [9.17, 15) is 22.8 Å². The maximum absolute atomic E-state index is 13.5. The number of amides is 1. The maximum atomic E-state index is 13.5. The monoisotopic (exact) mass is 568 g/mol. The van der Waals surface area contributed by atoms with Crippen LogP contribution in [0.15, 0.2) is 66.9 Å². The zero-order valence-corrected chi connectivity index (χ0v) is 23.2. The number of piperidine rings is 1. The van der Waals surface area contributed by atoms with E-state index < -0.39 is 23.3 Å². The summed E-state index contributed by atoms with van der Waals surface area (Å²) in [5.41, 5.74) is 1.14. The summed E-state index contributed by atoms with van der Waals surface area (Å²) < 4.78 is 51.6. The third-order valence-corrected chi connectivity index (χ3v) is 8.38. The highest BCUT2D eigenvalue weighted by atomic mass is 19.4. The molecule has 1 aliphatic carbocycles. The molecule has 1 spiro atoms. The second-order valence-corrected chi connectivity index (χ2v) is 11.1. The molecule has 1 amide bonds. The maximum Gasteiger partial charge on any atom is 0.416 e. The summed E-state index contributed by atoms with van der Waals surface area (Å²) in [7, 11) is 0. The van der Waals surface area contributed by atoms with Crippen LogP contribution in [0.3, 0.4) is 0 Å². The van der Waals surface area contributed by atoms with Crippen LogP contribution in [0.5, 0.6) is 5.75 Å². The molecule has 2 heterocycles. The Bertz CT molecular complexity index is 1320. The van der Waals surface area contributed by atoms with Gasteiger partial charge in [0.2, 0.25) is 0 Å². The molecule has 41 heavy (non-hydrogen) atoms. The third kappa shape index (κ3) is 6.35. The molecule has 1 saturated carbocycles. The van der Waals surface area contributed by atoms with Crippen molar-refractivity contribution in [2.75, 3.05) is 19.6 Å². The number of alkyl halides is 3. The van der Waals surface area contributed by atoms with Crippen LogP contribution < -0.4 is 4.74 Å². The molecule has 6 nitrogen and oxygen atoms in total. The van der Waals surface area contributed by atoms with Gasteiger partial charge in [0.1, 0.15) is 5.75 Å². The van der Waals surface area contributed by atoms with Gasteiger partial charge in [0, 0.05) is 45.4 Å². The number of carbonyl (C=O) groups is 2. The SMILES string of the molecule is C=C1N(C2CCCCC2)C(=O)OC12CCN(CC=C(c1ccc(OC(C)=O)cc1)c1cccc(C(F)(F)F)c1)CC2. The summed E-state index contributed by atoms with van der Waals surface area (Å²) in [6, 6.07) is 12.2. The fourth-order valence-electron chi connectivity index (χ4n) is 6.16. The van der Waals surface area contributed by atoms with E-state index in [1.165, 1.54) is 19.4 Å². The lowest BCUT2D eigenvalue weighted by Gasteiger charge is -2.39. The molecule has 2 saturated heterocycles. The molecule has 2 aromatic rings. The molecule has 2 aliphatic heterocycles. The van der Waals surface area contributed by atoms with Gasteiger partial charge in [-0.05, 0) is 53.8 Å². The number of carbonyl (C=O) groups excluding carboxylic acids is 2. The summed E-state index contributed by atoms with van der Waals surface area (Å²) in [6.07, 6.45) is 3.76. The van der Waals surface area contributed by atoms with Gasteiger partial charge in [-0.1, -0.05) is 56.2 Å². The molecule has 9 heteroatoms. The standard InChI is InChI=1S/C32H35F3N2O4/c1-22-31(41-30(39)37(22)27-9-4-3-5-10-27)16-19-36(20-17-31)18-15-29(24-11-13-28(14-12-24)40-23(2)38)25-7-6-8-26(21-25)32(33,34)35/h6-8,11-15,21,27H,1,3-5,9-10,16-20H2,2H3. The fraction of sp³-hybridized carbons (Fsp3) is 0.438. The smallest absolute Gasteiger partial charge is 0.416 e. The van der Waals surface area contributed by atoms with E-state index in [-0.39, 0.29) is 12.1 Å². The molecule has 0 radical (unpaired) electrons. The molecule has 3 aliphatic rings. The highest BCUT2D eigenvalue weighted by Gasteiger charge is 2.52. The number of hydrogen-bond donors (Lipinski definition) is 0. The number of hydrogen-bond acceptors (Lipinski definition) is 5. The van der Waals surface area contributed by atoms with Crippen molar-refractivity contribution in [3.05, 3.63) is 83.6 Å². The van der Waals surface area contributed by atoms with Crippen molar-refractivity contribution in [3.8, 4) is 5.75 Å². The summed E-state index contributed by atoms with van der Waals surface area (Å²) in [6.45, 7) is 7.41. The predicted molar refractivity (Wildman–Crippen MR) is 149 cm³/mol. The van der Waals surface area contributed by atoms with Crippen LogP contribution in [0.2, 0.25) is 0 Å². The average molecular weight is 569 g/mol. The fourth-order valence-corrected chi connectivity index (χ4v) is 6.16. The Morgan fingerprint density at radius 2 is 1.76 bits per heavy atom. The lowest BCUT2D eigenvalue weighted by molar-refractivity contribution is -0.137. The van der Waals surface area contributed by atoms with E-state index in [0.717, 1.165) is 43.5 Å². The van der Waals surface area contributed by atoms with Crippen LogP contribution in [0.4, 0.5) is 18.0 Å². The summed E-state index contributed by atoms with van der Waals surface area (Å²) in [5.74, 6) is -0.0914. The van der Waals surface area contributed by atoms with E-state index in [4.69, 9.17) is 9.47 Å². The van der Waals surface area contributed by atoms with Crippen molar-refractivity contribution in [3.63, 3.8) is 0 Å². The number of rotatable bonds is 6. The first-order valence-electron chi connectivity index (χ1n) is 14.2. The summed E-state index contributed by atoms with van der Waals surface area (Å²) in [5, 5.41) is 0. The normalized spacial score (nSPS) is 20.4. The van der Waals surface area contributed by atoms with Crippen molar-refractivity contribution in [1.82, 2.24) is 9.80 Å². The lowest BCUT2D eigenvalue weighted by Crippen LogP contribution is -2.46. The minimum atomic E-state index is -4.46. The van der Waals surface area contributed by atoms with Crippen LogP contribution in [-0.2, 0) is 15.7 Å². The minimum Gasteiger partial charge on any atom is -0.436 e. The van der Waals surface area contributed by atoms with Crippen molar-refractivity contribution in [2.24, 2.45) is 0 Å². The van der Waals surface area contributed by atoms with Gasteiger partial charge in [-0.15, -0.1) is 0 Å². The number of likely N-dealkylation sites (tertiary alicyclic amines) is 1. The first-order chi connectivity index (χ1) is 19.6. The summed E-state index contributed by atoms with van der Waals surface area (Å²) >= 11 is 0. The van der Waals surface area contributed by atoms with Gasteiger partial charge in [0.15, 0.2) is 5.60 Å². The first kappa shape index (κ1) is 28.9. The van der Waals surface area contributed by atoms with Crippen LogP contribution in [0.1, 0.15) is 68.6 Å². The second-order valence-electron chi connectivity index (χ2n) is 11.1. The van der Waals surface area contributed by atoms with Gasteiger partial charge in [0.05, 0.1) is 11.3 Å². The van der Waals surface area contributed by atoms with E-state index in [1.54, 1.807) is 35.2 Å². The predicted octanol–water partition coefficient (Wildman–Crippen LogP) is 7.20. The number of ether oxygens (including phenoxy) is 2. The van der Waals surface area contributed by atoms with Crippen LogP contribution in [0, 0.1) is 0 Å². The molecule has 218 valence electrons. The van der Waals surface area contributed by atoms with Gasteiger partial charge in [0.25, 0.3) is 0 Å². The Labute approximate surface area is 238 Å². The Balaban J connectivity index is 1.33. The number of halogens is 3. The molecule has 5 rings (SSSR count). The largest absolute Gasteiger partial charge is 0.436 e.